The van der Waals surface area contributed by atoms with Crippen molar-refractivity contribution in [2.45, 2.75) is 32.6 Å². The Bertz CT molecular complexity index is 930. The second kappa shape index (κ2) is 13.1. The summed E-state index contributed by atoms with van der Waals surface area (Å²) in [5.41, 5.74) is 5.93. The van der Waals surface area contributed by atoms with Gasteiger partial charge >= 0.3 is 5.97 Å². The third kappa shape index (κ3) is 7.99. The fraction of sp³-hybridized carbons (Fsp3) is 0.304. The number of esters is 1. The first-order valence-corrected chi connectivity index (χ1v) is 10.7. The van der Waals surface area contributed by atoms with Crippen LogP contribution >= 0.6 is 12.2 Å². The normalized spacial score (nSPS) is 10.1. The molecule has 0 atom stereocenters. The molecule has 2 aromatic rings. The minimum absolute atomic E-state index is 0.0765. The van der Waals surface area contributed by atoms with Gasteiger partial charge in [0.05, 0.1) is 19.3 Å². The van der Waals surface area contributed by atoms with Crippen molar-refractivity contribution in [3.8, 4) is 5.75 Å². The third-order valence-corrected chi connectivity index (χ3v) is 4.67. The predicted octanol–water partition coefficient (Wildman–Crippen LogP) is 3.38. The number of hydrogen-bond donors (Lipinski definition) is 3. The van der Waals surface area contributed by atoms with Crippen molar-refractivity contribution in [2.75, 3.05) is 13.7 Å². The number of carbonyl (C=O) groups excluding carboxylic acids is 3. The van der Waals surface area contributed by atoms with Crippen LogP contribution in [-0.2, 0) is 4.74 Å². The summed E-state index contributed by atoms with van der Waals surface area (Å²) < 4.78 is 10.3. The summed E-state index contributed by atoms with van der Waals surface area (Å²) in [5, 5.41) is 2.37. The number of rotatable bonds is 9. The van der Waals surface area contributed by atoms with E-state index in [1.165, 1.54) is 44.2 Å². The molecule has 2 rings (SSSR count). The molecule has 0 aromatic heterocycles. The Morgan fingerprint density at radius 2 is 1.41 bits per heavy atom. The summed E-state index contributed by atoms with van der Waals surface area (Å²) in [6.07, 6.45) is 4.51. The highest BCUT2D eigenvalue weighted by Gasteiger charge is 2.11. The molecule has 0 aliphatic carbocycles. The Morgan fingerprint density at radius 3 is 2.03 bits per heavy atom. The fourth-order valence-corrected chi connectivity index (χ4v) is 2.83. The van der Waals surface area contributed by atoms with Crippen LogP contribution in [0.2, 0.25) is 0 Å². The van der Waals surface area contributed by atoms with Crippen LogP contribution in [-0.4, -0.2) is 36.6 Å². The molecule has 3 N–H and O–H groups in total. The van der Waals surface area contributed by atoms with E-state index in [0.717, 1.165) is 12.8 Å². The first-order valence-electron chi connectivity index (χ1n) is 10.3. The number of hydrazine groups is 1. The van der Waals surface area contributed by atoms with Gasteiger partial charge in [0, 0.05) is 11.1 Å². The van der Waals surface area contributed by atoms with E-state index in [1.54, 1.807) is 24.3 Å². The smallest absolute Gasteiger partial charge is 0.337 e. The lowest BCUT2D eigenvalue weighted by atomic mass is 10.1. The first-order chi connectivity index (χ1) is 15.4. The van der Waals surface area contributed by atoms with Gasteiger partial charge in [0.2, 0.25) is 0 Å². The highest BCUT2D eigenvalue weighted by Crippen LogP contribution is 2.13. The molecular formula is C23H27N3O5S. The number of methoxy groups -OCH3 is 1. The van der Waals surface area contributed by atoms with E-state index in [9.17, 15) is 14.4 Å². The minimum atomic E-state index is -0.497. The molecule has 0 unspecified atom stereocenters. The number of unbranched alkanes of at least 4 members (excludes halogenated alkanes) is 3. The van der Waals surface area contributed by atoms with Gasteiger partial charge in [0.1, 0.15) is 5.75 Å². The lowest BCUT2D eigenvalue weighted by molar-refractivity contribution is 0.0600. The number of ether oxygens (including phenoxy) is 2. The second-order valence-electron chi connectivity index (χ2n) is 6.86. The standard InChI is InChI=1S/C23H27N3O5S/c1-3-4-5-6-15-31-19-13-11-17(12-14-19)21(28)25-26-23(32)24-20(27)16-7-9-18(10-8-16)22(29)30-2/h7-14H,3-6,15H2,1-2H3,(H,25,28)(H2,24,26,27,32). The van der Waals surface area contributed by atoms with E-state index in [0.29, 0.717) is 29.0 Å². The quantitative estimate of drug-likeness (QED) is 0.229. The number of hydrogen-bond acceptors (Lipinski definition) is 6. The first kappa shape index (κ1) is 24.8. The maximum atomic E-state index is 12.2. The van der Waals surface area contributed by atoms with Gasteiger partial charge in [-0.2, -0.15) is 0 Å². The fourth-order valence-electron chi connectivity index (χ4n) is 2.69. The maximum Gasteiger partial charge on any atom is 0.337 e. The van der Waals surface area contributed by atoms with Crippen LogP contribution in [0.15, 0.2) is 48.5 Å². The van der Waals surface area contributed by atoms with Crippen molar-refractivity contribution in [3.63, 3.8) is 0 Å². The number of nitrogens with one attached hydrogen (secondary N) is 3. The predicted molar refractivity (Wildman–Crippen MR) is 125 cm³/mol. The highest BCUT2D eigenvalue weighted by molar-refractivity contribution is 7.80. The molecule has 0 bridgehead atoms. The third-order valence-electron chi connectivity index (χ3n) is 4.47. The lowest BCUT2D eigenvalue weighted by Crippen LogP contribution is -2.48. The average molecular weight is 458 g/mol. The molecule has 0 fully saturated rings. The summed E-state index contributed by atoms with van der Waals surface area (Å²) >= 11 is 5.03. The van der Waals surface area contributed by atoms with E-state index in [2.05, 4.69) is 27.8 Å². The Labute approximate surface area is 192 Å². The summed E-state index contributed by atoms with van der Waals surface area (Å²) in [6, 6.07) is 12.6. The van der Waals surface area contributed by atoms with E-state index < -0.39 is 17.8 Å². The summed E-state index contributed by atoms with van der Waals surface area (Å²) in [6.45, 7) is 2.80. The van der Waals surface area contributed by atoms with Crippen LogP contribution < -0.4 is 20.9 Å². The summed E-state index contributed by atoms with van der Waals surface area (Å²) in [5.74, 6) is -0.706. The van der Waals surface area contributed by atoms with Gasteiger partial charge in [-0.3, -0.25) is 25.8 Å². The maximum absolute atomic E-state index is 12.2. The van der Waals surface area contributed by atoms with Crippen molar-refractivity contribution >= 4 is 35.1 Å². The second-order valence-corrected chi connectivity index (χ2v) is 7.27. The molecule has 2 aromatic carbocycles. The van der Waals surface area contributed by atoms with Crippen molar-refractivity contribution in [3.05, 3.63) is 65.2 Å². The van der Waals surface area contributed by atoms with Crippen LogP contribution in [0.5, 0.6) is 5.75 Å². The molecule has 0 aliphatic heterocycles. The van der Waals surface area contributed by atoms with Crippen LogP contribution in [0, 0.1) is 0 Å². The Hall–Kier alpha value is -3.46. The van der Waals surface area contributed by atoms with Crippen LogP contribution in [0.3, 0.4) is 0 Å². The lowest BCUT2D eigenvalue weighted by Gasteiger charge is -2.11. The van der Waals surface area contributed by atoms with E-state index >= 15 is 0 Å². The number of benzene rings is 2. The monoisotopic (exact) mass is 457 g/mol. The molecule has 2 amide bonds. The molecule has 170 valence electrons. The summed E-state index contributed by atoms with van der Waals surface area (Å²) in [4.78, 5) is 35.9. The van der Waals surface area contributed by atoms with Crippen molar-refractivity contribution < 1.29 is 23.9 Å². The van der Waals surface area contributed by atoms with Crippen LogP contribution in [0.1, 0.15) is 63.7 Å². The molecular weight excluding hydrogens is 430 g/mol. The average Bonchev–Trinajstić information content (AvgIpc) is 2.82. The zero-order chi connectivity index (χ0) is 23.3. The zero-order valence-electron chi connectivity index (χ0n) is 18.1. The van der Waals surface area contributed by atoms with Crippen LogP contribution in [0.4, 0.5) is 0 Å². The Kier molecular flexibility index (Phi) is 10.1. The van der Waals surface area contributed by atoms with Gasteiger partial charge in [-0.25, -0.2) is 4.79 Å². The van der Waals surface area contributed by atoms with Crippen molar-refractivity contribution in [2.24, 2.45) is 0 Å². The largest absolute Gasteiger partial charge is 0.494 e. The Morgan fingerprint density at radius 1 is 0.812 bits per heavy atom. The molecule has 0 aliphatic rings. The van der Waals surface area contributed by atoms with E-state index in [-0.39, 0.29) is 5.11 Å². The molecule has 8 nitrogen and oxygen atoms in total. The van der Waals surface area contributed by atoms with E-state index in [1.807, 2.05) is 0 Å². The molecule has 0 saturated heterocycles. The molecule has 0 heterocycles. The number of carbonyl (C=O) groups is 3. The molecule has 0 radical (unpaired) electrons. The van der Waals surface area contributed by atoms with Gasteiger partial charge in [-0.15, -0.1) is 0 Å². The molecule has 9 heteroatoms. The highest BCUT2D eigenvalue weighted by atomic mass is 32.1. The van der Waals surface area contributed by atoms with Gasteiger partial charge in [-0.1, -0.05) is 26.2 Å². The number of amides is 2. The SMILES string of the molecule is CCCCCCOc1ccc(C(=O)NNC(=S)NC(=O)c2ccc(C(=O)OC)cc2)cc1. The molecule has 32 heavy (non-hydrogen) atoms. The minimum Gasteiger partial charge on any atom is -0.494 e. The zero-order valence-corrected chi connectivity index (χ0v) is 18.9. The van der Waals surface area contributed by atoms with Gasteiger partial charge in [-0.05, 0) is 67.2 Å². The van der Waals surface area contributed by atoms with Crippen molar-refractivity contribution in [1.29, 1.82) is 0 Å². The Balaban J connectivity index is 1.76. The van der Waals surface area contributed by atoms with Gasteiger partial charge < -0.3 is 9.47 Å². The molecule has 0 spiro atoms. The summed E-state index contributed by atoms with van der Waals surface area (Å²) in [7, 11) is 1.28. The topological polar surface area (TPSA) is 106 Å². The molecule has 0 saturated carbocycles. The number of thiocarbonyl (C=S) groups is 1. The van der Waals surface area contributed by atoms with Gasteiger partial charge in [0.25, 0.3) is 11.8 Å². The van der Waals surface area contributed by atoms with E-state index in [4.69, 9.17) is 17.0 Å². The van der Waals surface area contributed by atoms with Gasteiger partial charge in [0.15, 0.2) is 5.11 Å². The van der Waals surface area contributed by atoms with Crippen molar-refractivity contribution in [1.82, 2.24) is 16.2 Å². The van der Waals surface area contributed by atoms with Crippen LogP contribution in [0.25, 0.3) is 0 Å².